The van der Waals surface area contributed by atoms with Gasteiger partial charge in [0, 0.05) is 29.8 Å². The number of hydrogen-bond donors (Lipinski definition) is 2. The summed E-state index contributed by atoms with van der Waals surface area (Å²) in [4.78, 5) is 25.0. The van der Waals surface area contributed by atoms with Crippen LogP contribution in [0.4, 0.5) is 0 Å². The van der Waals surface area contributed by atoms with E-state index in [4.69, 9.17) is 4.74 Å². The van der Waals surface area contributed by atoms with Crippen molar-refractivity contribution in [3.05, 3.63) is 66.7 Å². The minimum Gasteiger partial charge on any atom is -0.467 e. The number of ether oxygens (including phenoxy) is 1. The van der Waals surface area contributed by atoms with E-state index < -0.39 is 11.9 Å². The summed E-state index contributed by atoms with van der Waals surface area (Å²) in [5.41, 5.74) is 4.76. The van der Waals surface area contributed by atoms with Gasteiger partial charge in [0.25, 0.3) is 5.91 Å². The van der Waals surface area contributed by atoms with Crippen LogP contribution in [0.15, 0.2) is 61.2 Å². The Balaban J connectivity index is 1.70. The van der Waals surface area contributed by atoms with Crippen LogP contribution in [-0.4, -0.2) is 43.0 Å². The molecule has 3 aromatic heterocycles. The van der Waals surface area contributed by atoms with Crippen LogP contribution in [0.5, 0.6) is 6.01 Å². The third kappa shape index (κ3) is 3.76. The van der Waals surface area contributed by atoms with E-state index in [1.807, 2.05) is 36.4 Å². The number of aromatic nitrogens is 5. The highest BCUT2D eigenvalue weighted by Gasteiger charge is 2.23. The largest absolute Gasteiger partial charge is 0.467 e. The number of nitrogens with one attached hydrogen (secondary N) is 1. The summed E-state index contributed by atoms with van der Waals surface area (Å²) in [5, 5.41) is 14.4. The molecule has 29 heavy (non-hydrogen) atoms. The first-order chi connectivity index (χ1) is 14.2. The Hall–Kier alpha value is -3.85. The molecule has 3 heterocycles. The zero-order chi connectivity index (χ0) is 20.2. The number of nitrogens with zero attached hydrogens (tertiary/aromatic N) is 5. The highest BCUT2D eigenvalue weighted by atomic mass is 16.5. The van der Waals surface area contributed by atoms with Gasteiger partial charge in [-0.2, -0.15) is 5.10 Å². The van der Waals surface area contributed by atoms with Crippen molar-refractivity contribution in [2.45, 2.75) is 12.5 Å². The van der Waals surface area contributed by atoms with Gasteiger partial charge in [-0.1, -0.05) is 30.3 Å². The van der Waals surface area contributed by atoms with E-state index in [0.29, 0.717) is 17.6 Å². The molecule has 9 nitrogen and oxygen atoms in total. The Morgan fingerprint density at radius 3 is 2.59 bits per heavy atom. The van der Waals surface area contributed by atoms with Crippen LogP contribution >= 0.6 is 0 Å². The molecule has 1 amide bonds. The van der Waals surface area contributed by atoms with Crippen molar-refractivity contribution in [2.75, 3.05) is 7.11 Å². The molecule has 1 unspecified atom stereocenters. The molecular formula is C20H18N6O3. The molecule has 4 aromatic rings. The number of amides is 1. The number of hydrogen-bond acceptors (Lipinski definition) is 7. The standard InChI is InChI=1S/C20H18N6O3/c1-29-20-22-9-15(10-23-20)16-8-14-11-24-26(18(14)12-21-16)17(19(27)25-28)7-13-5-3-2-4-6-13/h2-6,8-12,17,28H,7H2,1H3,(H,25,27). The van der Waals surface area contributed by atoms with Gasteiger partial charge in [0.05, 0.1) is 30.7 Å². The maximum Gasteiger partial charge on any atom is 0.316 e. The second-order valence-electron chi connectivity index (χ2n) is 6.36. The first-order valence-electron chi connectivity index (χ1n) is 8.87. The van der Waals surface area contributed by atoms with E-state index in [9.17, 15) is 10.0 Å². The highest BCUT2D eigenvalue weighted by Crippen LogP contribution is 2.25. The van der Waals surface area contributed by atoms with Crippen molar-refractivity contribution >= 4 is 16.8 Å². The van der Waals surface area contributed by atoms with Crippen molar-refractivity contribution in [1.29, 1.82) is 0 Å². The van der Waals surface area contributed by atoms with Crippen LogP contribution < -0.4 is 10.2 Å². The lowest BCUT2D eigenvalue weighted by Crippen LogP contribution is -2.32. The van der Waals surface area contributed by atoms with Crippen molar-refractivity contribution in [1.82, 2.24) is 30.2 Å². The molecule has 0 bridgehead atoms. The quantitative estimate of drug-likeness (QED) is 0.383. The smallest absolute Gasteiger partial charge is 0.316 e. The molecule has 1 atom stereocenters. The lowest BCUT2D eigenvalue weighted by Gasteiger charge is -2.16. The van der Waals surface area contributed by atoms with Crippen LogP contribution in [0.1, 0.15) is 11.6 Å². The minimum atomic E-state index is -0.725. The Morgan fingerprint density at radius 2 is 1.90 bits per heavy atom. The number of pyridine rings is 1. The Morgan fingerprint density at radius 1 is 1.14 bits per heavy atom. The minimum absolute atomic E-state index is 0.279. The molecule has 0 aliphatic carbocycles. The van der Waals surface area contributed by atoms with Crippen molar-refractivity contribution < 1.29 is 14.7 Å². The number of carbonyl (C=O) groups excluding carboxylic acids is 1. The van der Waals surface area contributed by atoms with E-state index in [1.165, 1.54) is 7.11 Å². The van der Waals surface area contributed by atoms with Crippen LogP contribution in [0, 0.1) is 0 Å². The predicted molar refractivity (Wildman–Crippen MR) is 104 cm³/mol. The molecule has 0 saturated carbocycles. The van der Waals surface area contributed by atoms with Gasteiger partial charge >= 0.3 is 6.01 Å². The fourth-order valence-electron chi connectivity index (χ4n) is 3.11. The first-order valence-corrected chi connectivity index (χ1v) is 8.87. The third-order valence-electron chi connectivity index (χ3n) is 4.57. The van der Waals surface area contributed by atoms with E-state index >= 15 is 0 Å². The number of rotatable bonds is 6. The van der Waals surface area contributed by atoms with Crippen LogP contribution in [0.25, 0.3) is 22.2 Å². The predicted octanol–water partition coefficient (Wildman–Crippen LogP) is 2.19. The van der Waals surface area contributed by atoms with Crippen molar-refractivity contribution in [2.24, 2.45) is 0 Å². The van der Waals surface area contributed by atoms with Crippen molar-refractivity contribution in [3.63, 3.8) is 0 Å². The van der Waals surface area contributed by atoms with Crippen LogP contribution in [-0.2, 0) is 11.2 Å². The summed E-state index contributed by atoms with van der Waals surface area (Å²) in [5.74, 6) is -0.550. The lowest BCUT2D eigenvalue weighted by atomic mass is 10.1. The first kappa shape index (κ1) is 18.5. The normalized spacial score (nSPS) is 11.9. The second-order valence-corrected chi connectivity index (χ2v) is 6.36. The summed E-state index contributed by atoms with van der Waals surface area (Å²) in [7, 11) is 1.50. The Kier molecular flexibility index (Phi) is 5.12. The number of carbonyl (C=O) groups is 1. The molecule has 0 radical (unpaired) electrons. The SMILES string of the molecule is COc1ncc(-c2cc3cnn(C(Cc4ccccc4)C(=O)NO)c3cn2)cn1. The summed E-state index contributed by atoms with van der Waals surface area (Å²) >= 11 is 0. The molecule has 146 valence electrons. The van der Waals surface area contributed by atoms with E-state index in [1.54, 1.807) is 34.9 Å². The van der Waals surface area contributed by atoms with E-state index in [0.717, 1.165) is 16.5 Å². The topological polar surface area (TPSA) is 115 Å². The summed E-state index contributed by atoms with van der Waals surface area (Å²) < 4.78 is 6.54. The van der Waals surface area contributed by atoms with Crippen molar-refractivity contribution in [3.8, 4) is 17.3 Å². The summed E-state index contributed by atoms with van der Waals surface area (Å²) in [6.07, 6.45) is 6.93. The van der Waals surface area contributed by atoms with E-state index in [-0.39, 0.29) is 6.01 Å². The lowest BCUT2D eigenvalue weighted by molar-refractivity contribution is -0.132. The molecule has 4 rings (SSSR count). The molecule has 0 aliphatic rings. The van der Waals surface area contributed by atoms with Gasteiger partial charge in [-0.15, -0.1) is 0 Å². The zero-order valence-corrected chi connectivity index (χ0v) is 15.6. The Bertz CT molecular complexity index is 1130. The number of benzene rings is 1. The summed E-state index contributed by atoms with van der Waals surface area (Å²) in [6, 6.07) is 10.9. The average Bonchev–Trinajstić information content (AvgIpc) is 3.20. The third-order valence-corrected chi connectivity index (χ3v) is 4.57. The molecule has 1 aromatic carbocycles. The van der Waals surface area contributed by atoms with Gasteiger partial charge in [0.1, 0.15) is 6.04 Å². The molecular weight excluding hydrogens is 372 g/mol. The second kappa shape index (κ2) is 8.03. The van der Waals surface area contributed by atoms with Gasteiger partial charge in [-0.05, 0) is 11.6 Å². The molecule has 0 fully saturated rings. The van der Waals surface area contributed by atoms with Gasteiger partial charge in [-0.25, -0.2) is 15.4 Å². The van der Waals surface area contributed by atoms with Gasteiger partial charge < -0.3 is 4.74 Å². The number of fused-ring (bicyclic) bond motifs is 1. The zero-order valence-electron chi connectivity index (χ0n) is 15.6. The monoisotopic (exact) mass is 390 g/mol. The van der Waals surface area contributed by atoms with E-state index in [2.05, 4.69) is 20.1 Å². The van der Waals surface area contributed by atoms with Gasteiger partial charge in [0.15, 0.2) is 0 Å². The fourth-order valence-corrected chi connectivity index (χ4v) is 3.11. The maximum absolute atomic E-state index is 12.3. The molecule has 0 aliphatic heterocycles. The molecule has 0 spiro atoms. The number of methoxy groups -OCH3 is 1. The molecule has 9 heteroatoms. The van der Waals surface area contributed by atoms with Gasteiger partial charge in [0.2, 0.25) is 0 Å². The Labute approximate surface area is 166 Å². The average molecular weight is 390 g/mol. The summed E-state index contributed by atoms with van der Waals surface area (Å²) in [6.45, 7) is 0. The van der Waals surface area contributed by atoms with Crippen LogP contribution in [0.2, 0.25) is 0 Å². The molecule has 0 saturated heterocycles. The maximum atomic E-state index is 12.3. The molecule has 2 N–H and O–H groups in total. The highest BCUT2D eigenvalue weighted by molar-refractivity contribution is 5.85. The van der Waals surface area contributed by atoms with Crippen LogP contribution in [0.3, 0.4) is 0 Å². The van der Waals surface area contributed by atoms with Gasteiger partial charge in [-0.3, -0.25) is 19.7 Å². The fraction of sp³-hybridized carbons (Fsp3) is 0.150. The number of hydroxylamine groups is 1.